The molecule has 1 N–H and O–H groups in total. The number of carbonyl (C=O) groups excluding carboxylic acids is 2. The van der Waals surface area contributed by atoms with Gasteiger partial charge in [0.15, 0.2) is 6.61 Å². The molecule has 0 bridgehead atoms. The number of para-hydroxylation sites is 1. The summed E-state index contributed by atoms with van der Waals surface area (Å²) >= 11 is 0. The normalized spacial score (nSPS) is 10.2. The van der Waals surface area contributed by atoms with Gasteiger partial charge in [-0.2, -0.15) is 0 Å². The second kappa shape index (κ2) is 9.37. The summed E-state index contributed by atoms with van der Waals surface area (Å²) in [7, 11) is 0. The number of nitrogens with one attached hydrogen (secondary N) is 1. The van der Waals surface area contributed by atoms with Crippen LogP contribution < -0.4 is 10.1 Å². The predicted molar refractivity (Wildman–Crippen MR) is 107 cm³/mol. The summed E-state index contributed by atoms with van der Waals surface area (Å²) < 4.78 is 10.7. The van der Waals surface area contributed by atoms with Gasteiger partial charge in [-0.25, -0.2) is 4.79 Å². The van der Waals surface area contributed by atoms with Gasteiger partial charge < -0.3 is 14.8 Å². The Hall–Kier alpha value is -3.60. The van der Waals surface area contributed by atoms with Crippen molar-refractivity contribution < 1.29 is 19.1 Å². The molecule has 0 saturated heterocycles. The molecule has 5 heteroatoms. The van der Waals surface area contributed by atoms with E-state index in [0.29, 0.717) is 17.9 Å². The number of benzene rings is 3. The second-order valence-corrected chi connectivity index (χ2v) is 6.29. The lowest BCUT2D eigenvalue weighted by Gasteiger charge is -2.08. The molecule has 0 aliphatic carbocycles. The molecule has 28 heavy (non-hydrogen) atoms. The van der Waals surface area contributed by atoms with Crippen LogP contribution in [-0.4, -0.2) is 18.5 Å². The highest BCUT2D eigenvalue weighted by Crippen LogP contribution is 2.13. The minimum absolute atomic E-state index is 0.342. The van der Waals surface area contributed by atoms with Crippen LogP contribution in [0.4, 0.5) is 5.69 Å². The Labute approximate surface area is 163 Å². The van der Waals surface area contributed by atoms with Crippen molar-refractivity contribution in [3.05, 3.63) is 95.6 Å². The van der Waals surface area contributed by atoms with Gasteiger partial charge in [-0.05, 0) is 54.4 Å². The Balaban J connectivity index is 1.47. The first-order valence-electron chi connectivity index (χ1n) is 8.90. The lowest BCUT2D eigenvalue weighted by Crippen LogP contribution is -2.21. The van der Waals surface area contributed by atoms with Gasteiger partial charge in [0.25, 0.3) is 5.91 Å². The lowest BCUT2D eigenvalue weighted by atomic mass is 10.1. The maximum Gasteiger partial charge on any atom is 0.338 e. The summed E-state index contributed by atoms with van der Waals surface area (Å²) in [5.41, 5.74) is 3.01. The van der Waals surface area contributed by atoms with Gasteiger partial charge in [-0.3, -0.25) is 4.79 Å². The topological polar surface area (TPSA) is 64.6 Å². The molecule has 0 saturated carbocycles. The molecule has 3 aromatic rings. The molecule has 142 valence electrons. The zero-order valence-corrected chi connectivity index (χ0v) is 15.6. The van der Waals surface area contributed by atoms with Crippen LogP contribution in [0.5, 0.6) is 5.75 Å². The second-order valence-electron chi connectivity index (χ2n) is 6.29. The van der Waals surface area contributed by atoms with Gasteiger partial charge in [0.05, 0.1) is 5.56 Å². The SMILES string of the molecule is Cc1cccc(NC(=O)COC(=O)c2ccc(COc3ccccc3)cc2)c1. The summed E-state index contributed by atoms with van der Waals surface area (Å²) in [6.07, 6.45) is 0. The van der Waals surface area contributed by atoms with Crippen LogP contribution in [-0.2, 0) is 16.1 Å². The minimum Gasteiger partial charge on any atom is -0.489 e. The van der Waals surface area contributed by atoms with Crippen LogP contribution in [0.3, 0.4) is 0 Å². The molecule has 0 aliphatic heterocycles. The van der Waals surface area contributed by atoms with Crippen LogP contribution in [0.2, 0.25) is 0 Å². The van der Waals surface area contributed by atoms with Gasteiger partial charge in [0.2, 0.25) is 0 Å². The van der Waals surface area contributed by atoms with E-state index in [4.69, 9.17) is 9.47 Å². The Bertz CT molecular complexity index is 936. The Morgan fingerprint density at radius 3 is 2.36 bits per heavy atom. The van der Waals surface area contributed by atoms with Gasteiger partial charge >= 0.3 is 5.97 Å². The molecule has 3 aromatic carbocycles. The Kier molecular flexibility index (Phi) is 6.41. The van der Waals surface area contributed by atoms with Crippen molar-refractivity contribution in [1.29, 1.82) is 0 Å². The molecule has 0 aromatic heterocycles. The molecule has 0 spiro atoms. The van der Waals surface area contributed by atoms with Crippen molar-refractivity contribution in [1.82, 2.24) is 0 Å². The van der Waals surface area contributed by atoms with Crippen LogP contribution in [0.1, 0.15) is 21.5 Å². The number of hydrogen-bond donors (Lipinski definition) is 1. The largest absolute Gasteiger partial charge is 0.489 e. The molecule has 0 radical (unpaired) electrons. The average molecular weight is 375 g/mol. The Morgan fingerprint density at radius 1 is 0.893 bits per heavy atom. The van der Waals surface area contributed by atoms with E-state index < -0.39 is 5.97 Å². The fourth-order valence-corrected chi connectivity index (χ4v) is 2.55. The maximum absolute atomic E-state index is 12.1. The van der Waals surface area contributed by atoms with Crippen LogP contribution >= 0.6 is 0 Å². The van der Waals surface area contributed by atoms with E-state index in [2.05, 4.69) is 5.32 Å². The van der Waals surface area contributed by atoms with E-state index in [0.717, 1.165) is 16.9 Å². The van der Waals surface area contributed by atoms with Crippen molar-refractivity contribution in [3.8, 4) is 5.75 Å². The predicted octanol–water partition coefficient (Wildman–Crippen LogP) is 4.37. The van der Waals surface area contributed by atoms with E-state index >= 15 is 0 Å². The third-order valence-electron chi connectivity index (χ3n) is 3.97. The maximum atomic E-state index is 12.1. The first-order chi connectivity index (χ1) is 13.6. The van der Waals surface area contributed by atoms with Crippen molar-refractivity contribution >= 4 is 17.6 Å². The molecule has 1 amide bonds. The number of rotatable bonds is 7. The van der Waals surface area contributed by atoms with E-state index in [1.54, 1.807) is 30.3 Å². The minimum atomic E-state index is -0.546. The molecular formula is C23H21NO4. The third-order valence-corrected chi connectivity index (χ3v) is 3.97. The number of esters is 1. The standard InChI is InChI=1S/C23H21NO4/c1-17-6-5-7-20(14-17)24-22(25)16-28-23(26)19-12-10-18(11-13-19)15-27-21-8-3-2-4-9-21/h2-14H,15-16H2,1H3,(H,24,25). The van der Waals surface area contributed by atoms with E-state index in [-0.39, 0.29) is 12.5 Å². The first-order valence-corrected chi connectivity index (χ1v) is 8.90. The summed E-state index contributed by atoms with van der Waals surface area (Å²) in [5, 5.41) is 2.70. The summed E-state index contributed by atoms with van der Waals surface area (Å²) in [6, 6.07) is 23.8. The van der Waals surface area contributed by atoms with E-state index in [1.165, 1.54) is 0 Å². The molecule has 0 aliphatic rings. The van der Waals surface area contributed by atoms with Gasteiger partial charge in [0, 0.05) is 5.69 Å². The van der Waals surface area contributed by atoms with Crippen molar-refractivity contribution in [2.45, 2.75) is 13.5 Å². The monoisotopic (exact) mass is 375 g/mol. The molecule has 0 fully saturated rings. The highest BCUT2D eigenvalue weighted by atomic mass is 16.5. The number of hydrogen-bond acceptors (Lipinski definition) is 4. The van der Waals surface area contributed by atoms with E-state index in [1.807, 2.05) is 55.5 Å². The summed E-state index contributed by atoms with van der Waals surface area (Å²) in [6.45, 7) is 1.99. The molecule has 0 unspecified atom stereocenters. The van der Waals surface area contributed by atoms with Gasteiger partial charge in [0.1, 0.15) is 12.4 Å². The molecule has 3 rings (SSSR count). The van der Waals surface area contributed by atoms with Crippen LogP contribution in [0.15, 0.2) is 78.9 Å². The number of aryl methyl sites for hydroxylation is 1. The molecule has 0 atom stereocenters. The Morgan fingerprint density at radius 2 is 1.64 bits per heavy atom. The third kappa shape index (κ3) is 5.71. The first kappa shape index (κ1) is 19.2. The quantitative estimate of drug-likeness (QED) is 0.623. The molecular weight excluding hydrogens is 354 g/mol. The average Bonchev–Trinajstić information content (AvgIpc) is 2.72. The highest BCUT2D eigenvalue weighted by molar-refractivity contribution is 5.95. The van der Waals surface area contributed by atoms with E-state index in [9.17, 15) is 9.59 Å². The molecule has 0 heterocycles. The van der Waals surface area contributed by atoms with Crippen LogP contribution in [0.25, 0.3) is 0 Å². The fraction of sp³-hybridized carbons (Fsp3) is 0.130. The number of carbonyl (C=O) groups is 2. The zero-order valence-electron chi connectivity index (χ0n) is 15.6. The summed E-state index contributed by atoms with van der Waals surface area (Å²) in [5.74, 6) is -0.146. The number of amides is 1. The van der Waals surface area contributed by atoms with Crippen molar-refractivity contribution in [2.75, 3.05) is 11.9 Å². The smallest absolute Gasteiger partial charge is 0.338 e. The highest BCUT2D eigenvalue weighted by Gasteiger charge is 2.10. The van der Waals surface area contributed by atoms with Gasteiger partial charge in [-0.15, -0.1) is 0 Å². The summed E-state index contributed by atoms with van der Waals surface area (Å²) in [4.78, 5) is 24.0. The lowest BCUT2D eigenvalue weighted by molar-refractivity contribution is -0.119. The zero-order chi connectivity index (χ0) is 19.8. The van der Waals surface area contributed by atoms with Crippen LogP contribution in [0, 0.1) is 6.92 Å². The molecule has 5 nitrogen and oxygen atoms in total. The van der Waals surface area contributed by atoms with Crippen molar-refractivity contribution in [2.24, 2.45) is 0 Å². The number of ether oxygens (including phenoxy) is 2. The van der Waals surface area contributed by atoms with Gasteiger partial charge in [-0.1, -0.05) is 42.5 Å². The fourth-order valence-electron chi connectivity index (χ4n) is 2.55. The number of anilines is 1. The van der Waals surface area contributed by atoms with Crippen molar-refractivity contribution in [3.63, 3.8) is 0 Å².